The molecule has 2 aromatic carbocycles. The largest absolute Gasteiger partial charge is 0.488 e. The van der Waals surface area contributed by atoms with Crippen molar-refractivity contribution in [1.82, 2.24) is 9.80 Å². The van der Waals surface area contributed by atoms with E-state index in [0.717, 1.165) is 5.56 Å². The third-order valence-electron chi connectivity index (χ3n) is 6.05. The summed E-state index contributed by atoms with van der Waals surface area (Å²) in [5.41, 5.74) is 1.92. The Balaban J connectivity index is 1.97. The van der Waals surface area contributed by atoms with Gasteiger partial charge in [-0.15, -0.1) is 0 Å². The van der Waals surface area contributed by atoms with E-state index in [9.17, 15) is 18.3 Å². The fraction of sp³-hybridized carbons (Fsp3) is 0.480. The number of nitrogens with one attached hydrogen (secondary N) is 1. The molecule has 0 radical (unpaired) electrons. The molecule has 0 saturated heterocycles. The third-order valence-corrected chi connectivity index (χ3v) is 7.44. The number of benzene rings is 2. The second kappa shape index (κ2) is 10.8. The summed E-state index contributed by atoms with van der Waals surface area (Å²) in [6.07, 6.45) is -0.149. The maximum absolute atomic E-state index is 13.2. The molecule has 186 valence electrons. The number of hydrogen-bond donors (Lipinski definition) is 2. The molecule has 3 rings (SSSR count). The molecule has 1 aliphatic rings. The molecule has 34 heavy (non-hydrogen) atoms. The molecule has 1 aliphatic heterocycles. The zero-order chi connectivity index (χ0) is 25.0. The fourth-order valence-corrected chi connectivity index (χ4v) is 5.05. The Morgan fingerprint density at radius 1 is 1.21 bits per heavy atom. The van der Waals surface area contributed by atoms with Gasteiger partial charge in [-0.1, -0.05) is 24.6 Å². The van der Waals surface area contributed by atoms with E-state index < -0.39 is 10.0 Å². The molecule has 0 aromatic heterocycles. The number of aryl methyl sites for hydroxylation is 1. The summed E-state index contributed by atoms with van der Waals surface area (Å²) >= 11 is 0. The van der Waals surface area contributed by atoms with Gasteiger partial charge in [-0.2, -0.15) is 0 Å². The molecule has 0 spiro atoms. The Kier molecular flexibility index (Phi) is 8.22. The lowest BCUT2D eigenvalue weighted by Gasteiger charge is -2.33. The summed E-state index contributed by atoms with van der Waals surface area (Å²) in [5, 5.41) is 9.72. The number of carbonyl (C=O) groups excluding carboxylic acids is 1. The van der Waals surface area contributed by atoms with E-state index in [1.807, 2.05) is 39.8 Å². The summed E-state index contributed by atoms with van der Waals surface area (Å²) in [7, 11) is 0.145. The van der Waals surface area contributed by atoms with Gasteiger partial charge in [-0.3, -0.25) is 9.52 Å². The second-order valence-electron chi connectivity index (χ2n) is 9.39. The quantitative estimate of drug-likeness (QED) is 0.620. The van der Waals surface area contributed by atoms with Crippen LogP contribution in [0.5, 0.6) is 5.75 Å². The van der Waals surface area contributed by atoms with Gasteiger partial charge >= 0.3 is 0 Å². The first-order valence-electron chi connectivity index (χ1n) is 11.4. The van der Waals surface area contributed by atoms with Crippen LogP contribution in [-0.2, 0) is 21.2 Å². The number of aliphatic hydroxyl groups is 1. The number of anilines is 1. The summed E-state index contributed by atoms with van der Waals surface area (Å²) < 4.78 is 34.7. The molecular formula is C25H35N3O5S. The number of rotatable bonds is 7. The zero-order valence-electron chi connectivity index (χ0n) is 20.5. The lowest BCUT2D eigenvalue weighted by molar-refractivity contribution is -0.134. The van der Waals surface area contributed by atoms with Gasteiger partial charge in [0.2, 0.25) is 5.91 Å². The summed E-state index contributed by atoms with van der Waals surface area (Å²) in [4.78, 5) is 17.1. The molecule has 2 N–H and O–H groups in total. The van der Waals surface area contributed by atoms with Gasteiger partial charge in [0.1, 0.15) is 11.9 Å². The smallest absolute Gasteiger partial charge is 0.261 e. The summed E-state index contributed by atoms with van der Waals surface area (Å²) in [6.45, 7) is 6.72. The maximum Gasteiger partial charge on any atom is 0.261 e. The maximum atomic E-state index is 13.2. The van der Waals surface area contributed by atoms with E-state index in [-0.39, 0.29) is 41.9 Å². The van der Waals surface area contributed by atoms with E-state index in [2.05, 4.69) is 4.72 Å². The Bertz CT molecular complexity index is 1100. The predicted molar refractivity (Wildman–Crippen MR) is 133 cm³/mol. The average Bonchev–Trinajstić information content (AvgIpc) is 2.81. The van der Waals surface area contributed by atoms with Crippen molar-refractivity contribution in [1.29, 1.82) is 0 Å². The monoisotopic (exact) mass is 489 g/mol. The topological polar surface area (TPSA) is 99.2 Å². The van der Waals surface area contributed by atoms with E-state index in [1.165, 1.54) is 0 Å². The molecule has 8 nitrogen and oxygen atoms in total. The SMILES string of the molecule is Cc1ccc(S(=O)(=O)Nc2ccc3c(c2)CC(=O)N([C@@H](C)CO)C[C@H](C)[C@@H](CN(C)C)O3)cc1. The Hall–Kier alpha value is -2.62. The van der Waals surface area contributed by atoms with Crippen molar-refractivity contribution in [3.05, 3.63) is 53.6 Å². The van der Waals surface area contributed by atoms with Crippen LogP contribution in [0.1, 0.15) is 25.0 Å². The van der Waals surface area contributed by atoms with Crippen molar-refractivity contribution >= 4 is 21.6 Å². The highest BCUT2D eigenvalue weighted by Gasteiger charge is 2.31. The molecule has 9 heteroatoms. The summed E-state index contributed by atoms with van der Waals surface area (Å²) in [6, 6.07) is 11.3. The van der Waals surface area contributed by atoms with Crippen LogP contribution < -0.4 is 9.46 Å². The van der Waals surface area contributed by atoms with E-state index in [0.29, 0.717) is 30.1 Å². The highest BCUT2D eigenvalue weighted by atomic mass is 32.2. The minimum Gasteiger partial charge on any atom is -0.488 e. The number of carbonyl (C=O) groups is 1. The summed E-state index contributed by atoms with van der Waals surface area (Å²) in [5.74, 6) is 0.442. The molecule has 0 bridgehead atoms. The first-order chi connectivity index (χ1) is 16.0. The Morgan fingerprint density at radius 3 is 2.50 bits per heavy atom. The molecule has 2 aromatic rings. The van der Waals surface area contributed by atoms with Crippen molar-refractivity contribution in [3.8, 4) is 5.75 Å². The van der Waals surface area contributed by atoms with Gasteiger partial charge in [0.25, 0.3) is 10.0 Å². The van der Waals surface area contributed by atoms with Crippen molar-refractivity contribution in [2.75, 3.05) is 38.5 Å². The van der Waals surface area contributed by atoms with Gasteiger partial charge in [-0.25, -0.2) is 8.42 Å². The molecule has 1 heterocycles. The van der Waals surface area contributed by atoms with Crippen molar-refractivity contribution in [2.45, 2.75) is 44.2 Å². The molecule has 0 aliphatic carbocycles. The number of amides is 1. The number of fused-ring (bicyclic) bond motifs is 1. The van der Waals surface area contributed by atoms with Crippen LogP contribution in [0.15, 0.2) is 47.4 Å². The molecular weight excluding hydrogens is 454 g/mol. The molecule has 0 saturated carbocycles. The van der Waals surface area contributed by atoms with Crippen LogP contribution >= 0.6 is 0 Å². The first kappa shape index (κ1) is 26.0. The molecule has 1 amide bonds. The van der Waals surface area contributed by atoms with Crippen LogP contribution in [0.4, 0.5) is 5.69 Å². The first-order valence-corrected chi connectivity index (χ1v) is 12.9. The average molecular weight is 490 g/mol. The highest BCUT2D eigenvalue weighted by Crippen LogP contribution is 2.30. The second-order valence-corrected chi connectivity index (χ2v) is 11.1. The number of aliphatic hydroxyl groups excluding tert-OH is 1. The van der Waals surface area contributed by atoms with Gasteiger partial charge in [0.05, 0.1) is 24.0 Å². The van der Waals surface area contributed by atoms with Crippen LogP contribution in [0, 0.1) is 12.8 Å². The van der Waals surface area contributed by atoms with Crippen molar-refractivity contribution in [3.63, 3.8) is 0 Å². The zero-order valence-corrected chi connectivity index (χ0v) is 21.3. The number of ether oxygens (including phenoxy) is 1. The molecule has 0 unspecified atom stereocenters. The Labute approximate surface area is 202 Å². The van der Waals surface area contributed by atoms with Crippen molar-refractivity contribution in [2.24, 2.45) is 5.92 Å². The van der Waals surface area contributed by atoms with Gasteiger partial charge < -0.3 is 19.6 Å². The van der Waals surface area contributed by atoms with Crippen LogP contribution in [0.2, 0.25) is 0 Å². The normalized spacial score (nSPS) is 20.1. The lowest BCUT2D eigenvalue weighted by atomic mass is 10.0. The number of likely N-dealkylation sites (N-methyl/N-ethyl adjacent to an activating group) is 1. The number of hydrogen-bond acceptors (Lipinski definition) is 6. The highest BCUT2D eigenvalue weighted by molar-refractivity contribution is 7.92. The van der Waals surface area contributed by atoms with E-state index >= 15 is 0 Å². The van der Waals surface area contributed by atoms with Crippen LogP contribution in [0.25, 0.3) is 0 Å². The van der Waals surface area contributed by atoms with E-state index in [1.54, 1.807) is 47.4 Å². The Morgan fingerprint density at radius 2 is 1.88 bits per heavy atom. The van der Waals surface area contributed by atoms with Gasteiger partial charge in [-0.05, 0) is 58.3 Å². The van der Waals surface area contributed by atoms with Gasteiger partial charge in [0, 0.05) is 30.3 Å². The molecule has 0 fully saturated rings. The number of sulfonamides is 1. The fourth-order valence-electron chi connectivity index (χ4n) is 4.00. The standard InChI is InChI=1S/C25H35N3O5S/c1-17-6-9-22(10-7-17)34(31,32)26-21-8-11-23-20(12-21)13-25(30)28(19(3)16-29)14-18(2)24(33-23)15-27(4)5/h6-12,18-19,24,26,29H,13-16H2,1-5H3/t18-,19-,24+/m0/s1. The van der Waals surface area contributed by atoms with Crippen molar-refractivity contribution < 1.29 is 23.1 Å². The predicted octanol–water partition coefficient (Wildman–Crippen LogP) is 2.51. The molecule has 3 atom stereocenters. The minimum absolute atomic E-state index is 0.0195. The lowest BCUT2D eigenvalue weighted by Crippen LogP contribution is -2.47. The third kappa shape index (κ3) is 6.28. The van der Waals surface area contributed by atoms with Gasteiger partial charge in [0.15, 0.2) is 0 Å². The van der Waals surface area contributed by atoms with Crippen LogP contribution in [0.3, 0.4) is 0 Å². The van der Waals surface area contributed by atoms with Crippen LogP contribution in [-0.4, -0.2) is 75.2 Å². The minimum atomic E-state index is -3.78. The van der Waals surface area contributed by atoms with E-state index in [4.69, 9.17) is 4.74 Å². The number of nitrogens with zero attached hydrogens (tertiary/aromatic N) is 2.